The van der Waals surface area contributed by atoms with Crippen LogP contribution in [0.3, 0.4) is 0 Å². The lowest BCUT2D eigenvalue weighted by atomic mass is 10.2. The number of methoxy groups -OCH3 is 1. The van der Waals surface area contributed by atoms with E-state index in [2.05, 4.69) is 39.8 Å². The van der Waals surface area contributed by atoms with E-state index in [0.717, 1.165) is 48.4 Å². The molecule has 0 N–H and O–H groups in total. The molecule has 0 atom stereocenters. The van der Waals surface area contributed by atoms with Crippen LogP contribution < -0.4 is 4.74 Å². The molecule has 2 heterocycles. The van der Waals surface area contributed by atoms with E-state index in [0.29, 0.717) is 13.2 Å². The summed E-state index contributed by atoms with van der Waals surface area (Å²) >= 11 is 0. The lowest BCUT2D eigenvalue weighted by Crippen LogP contribution is -2.43. The quantitative estimate of drug-likeness (QED) is 0.674. The zero-order valence-corrected chi connectivity index (χ0v) is 15.7. The first-order valence-electron chi connectivity index (χ1n) is 9.02. The Hall–Kier alpha value is -2.60. The van der Waals surface area contributed by atoms with E-state index in [9.17, 15) is 0 Å². The second kappa shape index (κ2) is 8.67. The number of rotatable bonds is 8. The standard InChI is InChI=1S/C20H26N4O2/c1-4-23-14-18-20(24(5-2)15-23)22-19(21-18)11-8-16-6-9-17(10-7-16)26-13-12-25-3/h6-11,14H,4-5,12-13,15H2,1-3H3/b11-8+. The predicted molar refractivity (Wildman–Crippen MR) is 105 cm³/mol. The maximum absolute atomic E-state index is 5.58. The Balaban J connectivity index is 1.66. The van der Waals surface area contributed by atoms with Gasteiger partial charge in [0.05, 0.1) is 13.3 Å². The van der Waals surface area contributed by atoms with Crippen LogP contribution in [0.1, 0.15) is 19.4 Å². The first-order chi connectivity index (χ1) is 12.7. The van der Waals surface area contributed by atoms with Gasteiger partial charge in [-0.2, -0.15) is 0 Å². The second-order valence-electron chi connectivity index (χ2n) is 6.07. The van der Waals surface area contributed by atoms with Crippen LogP contribution >= 0.6 is 0 Å². The molecule has 1 aromatic rings. The zero-order chi connectivity index (χ0) is 18.4. The third kappa shape index (κ3) is 4.32. The van der Waals surface area contributed by atoms with Gasteiger partial charge in [0.1, 0.15) is 18.1 Å². The fourth-order valence-corrected chi connectivity index (χ4v) is 2.79. The zero-order valence-electron chi connectivity index (χ0n) is 15.7. The van der Waals surface area contributed by atoms with E-state index in [1.54, 1.807) is 7.11 Å². The average Bonchev–Trinajstić information content (AvgIpc) is 3.09. The Kier molecular flexibility index (Phi) is 6.07. The molecule has 0 radical (unpaired) electrons. The number of benzene rings is 1. The van der Waals surface area contributed by atoms with Gasteiger partial charge >= 0.3 is 0 Å². The Morgan fingerprint density at radius 2 is 1.85 bits per heavy atom. The van der Waals surface area contributed by atoms with Gasteiger partial charge in [-0.15, -0.1) is 0 Å². The fourth-order valence-electron chi connectivity index (χ4n) is 2.79. The molecule has 0 amide bonds. The third-order valence-electron chi connectivity index (χ3n) is 4.29. The molecule has 2 aliphatic rings. The van der Waals surface area contributed by atoms with E-state index in [4.69, 9.17) is 9.47 Å². The SMILES string of the molecule is CCN1C=C2N=C(/C=C/c3ccc(OCCOC)cc3)N=C2N(CC)C1. The summed E-state index contributed by atoms with van der Waals surface area (Å²) in [6, 6.07) is 7.95. The summed E-state index contributed by atoms with van der Waals surface area (Å²) in [7, 11) is 1.66. The van der Waals surface area contributed by atoms with Crippen molar-refractivity contribution in [3.05, 3.63) is 47.8 Å². The smallest absolute Gasteiger partial charge is 0.160 e. The van der Waals surface area contributed by atoms with Crippen LogP contribution in [0.15, 0.2) is 52.2 Å². The summed E-state index contributed by atoms with van der Waals surface area (Å²) in [5.74, 6) is 2.55. The van der Waals surface area contributed by atoms with Gasteiger partial charge in [-0.1, -0.05) is 18.2 Å². The number of fused-ring (bicyclic) bond motifs is 1. The summed E-state index contributed by atoms with van der Waals surface area (Å²) < 4.78 is 10.6. The molecule has 26 heavy (non-hydrogen) atoms. The Labute approximate surface area is 155 Å². The molecule has 1 aromatic carbocycles. The normalized spacial score (nSPS) is 16.5. The molecule has 0 saturated carbocycles. The monoisotopic (exact) mass is 354 g/mol. The highest BCUT2D eigenvalue weighted by Gasteiger charge is 2.26. The van der Waals surface area contributed by atoms with Crippen molar-refractivity contribution in [2.45, 2.75) is 13.8 Å². The van der Waals surface area contributed by atoms with Gasteiger partial charge in [0, 0.05) is 26.4 Å². The molecule has 0 unspecified atom stereocenters. The van der Waals surface area contributed by atoms with Crippen molar-refractivity contribution in [2.24, 2.45) is 9.98 Å². The van der Waals surface area contributed by atoms with Gasteiger partial charge in [0.25, 0.3) is 0 Å². The molecule has 0 bridgehead atoms. The minimum absolute atomic E-state index is 0.553. The largest absolute Gasteiger partial charge is 0.491 e. The number of ether oxygens (including phenoxy) is 2. The minimum Gasteiger partial charge on any atom is -0.491 e. The topological polar surface area (TPSA) is 49.7 Å². The van der Waals surface area contributed by atoms with Gasteiger partial charge in [-0.25, -0.2) is 9.98 Å². The van der Waals surface area contributed by atoms with Gasteiger partial charge in [-0.3, -0.25) is 0 Å². The molecule has 0 aliphatic carbocycles. The lowest BCUT2D eigenvalue weighted by molar-refractivity contribution is 0.146. The minimum atomic E-state index is 0.553. The Morgan fingerprint density at radius 3 is 2.54 bits per heavy atom. The molecular weight excluding hydrogens is 328 g/mol. The number of nitrogens with zero attached hydrogens (tertiary/aromatic N) is 4. The Bertz CT molecular complexity index is 735. The number of hydrogen-bond acceptors (Lipinski definition) is 6. The van der Waals surface area contributed by atoms with E-state index in [1.807, 2.05) is 36.4 Å². The lowest BCUT2D eigenvalue weighted by Gasteiger charge is -2.33. The first-order valence-corrected chi connectivity index (χ1v) is 9.02. The molecular formula is C20H26N4O2. The van der Waals surface area contributed by atoms with E-state index < -0.39 is 0 Å². The maximum Gasteiger partial charge on any atom is 0.160 e. The molecule has 2 aliphatic heterocycles. The van der Waals surface area contributed by atoms with Crippen molar-refractivity contribution >= 4 is 17.7 Å². The van der Waals surface area contributed by atoms with Crippen molar-refractivity contribution in [1.82, 2.24) is 9.80 Å². The second-order valence-corrected chi connectivity index (χ2v) is 6.07. The van der Waals surface area contributed by atoms with Gasteiger partial charge in [-0.05, 0) is 37.6 Å². The van der Waals surface area contributed by atoms with E-state index >= 15 is 0 Å². The molecule has 0 aromatic heterocycles. The number of likely N-dealkylation sites (N-methyl/N-ethyl adjacent to an activating group) is 1. The third-order valence-corrected chi connectivity index (χ3v) is 4.29. The first kappa shape index (κ1) is 18.2. The summed E-state index contributed by atoms with van der Waals surface area (Å²) in [6.07, 6.45) is 6.07. The highest BCUT2D eigenvalue weighted by molar-refractivity contribution is 6.16. The summed E-state index contributed by atoms with van der Waals surface area (Å²) in [4.78, 5) is 13.8. The highest BCUT2D eigenvalue weighted by Crippen LogP contribution is 2.21. The van der Waals surface area contributed by atoms with Crippen LogP contribution in [-0.4, -0.2) is 61.6 Å². The fraction of sp³-hybridized carbons (Fsp3) is 0.400. The van der Waals surface area contributed by atoms with E-state index in [1.165, 1.54) is 0 Å². The van der Waals surface area contributed by atoms with Crippen LogP contribution in [-0.2, 0) is 4.74 Å². The van der Waals surface area contributed by atoms with Crippen LogP contribution in [0.4, 0.5) is 0 Å². The van der Waals surface area contributed by atoms with Gasteiger partial charge < -0.3 is 19.3 Å². The highest BCUT2D eigenvalue weighted by atomic mass is 16.5. The van der Waals surface area contributed by atoms with E-state index in [-0.39, 0.29) is 0 Å². The molecule has 6 heteroatoms. The van der Waals surface area contributed by atoms with Crippen LogP contribution in [0.25, 0.3) is 6.08 Å². The summed E-state index contributed by atoms with van der Waals surface area (Å²) in [5.41, 5.74) is 2.03. The summed E-state index contributed by atoms with van der Waals surface area (Å²) in [5, 5.41) is 0. The van der Waals surface area contributed by atoms with Crippen molar-refractivity contribution in [3.63, 3.8) is 0 Å². The van der Waals surface area contributed by atoms with Crippen molar-refractivity contribution in [1.29, 1.82) is 0 Å². The molecule has 0 spiro atoms. The van der Waals surface area contributed by atoms with Crippen LogP contribution in [0.5, 0.6) is 5.75 Å². The maximum atomic E-state index is 5.58. The summed E-state index contributed by atoms with van der Waals surface area (Å²) in [6.45, 7) is 8.18. The molecule has 3 rings (SSSR count). The number of aliphatic imine (C=N–C) groups is 2. The number of hydrogen-bond donors (Lipinski definition) is 0. The Morgan fingerprint density at radius 1 is 1.04 bits per heavy atom. The van der Waals surface area contributed by atoms with Crippen LogP contribution in [0, 0.1) is 0 Å². The average molecular weight is 354 g/mol. The molecule has 0 fully saturated rings. The van der Waals surface area contributed by atoms with Crippen LogP contribution in [0.2, 0.25) is 0 Å². The van der Waals surface area contributed by atoms with Crippen molar-refractivity contribution in [3.8, 4) is 5.75 Å². The molecule has 0 saturated heterocycles. The van der Waals surface area contributed by atoms with Crippen molar-refractivity contribution < 1.29 is 9.47 Å². The molecule has 138 valence electrons. The van der Waals surface area contributed by atoms with Gasteiger partial charge in [0.2, 0.25) is 0 Å². The van der Waals surface area contributed by atoms with Crippen molar-refractivity contribution in [2.75, 3.05) is 40.1 Å². The number of amidine groups is 2. The van der Waals surface area contributed by atoms with Gasteiger partial charge in [0.15, 0.2) is 11.7 Å². The predicted octanol–water partition coefficient (Wildman–Crippen LogP) is 2.99. The molecule has 6 nitrogen and oxygen atoms in total.